The molecule has 0 aliphatic carbocycles. The van der Waals surface area contributed by atoms with Gasteiger partial charge in [-0.1, -0.05) is 6.58 Å². The third-order valence-corrected chi connectivity index (χ3v) is 1.03. The van der Waals surface area contributed by atoms with Gasteiger partial charge in [0.2, 0.25) is 0 Å². The number of rotatable bonds is 3. The Balaban J connectivity index is 3.95. The second-order valence-electron chi connectivity index (χ2n) is 2.23. The Bertz CT molecular complexity index is 198. The van der Waals surface area contributed by atoms with Crippen molar-refractivity contribution in [2.24, 2.45) is 5.73 Å². The zero-order valence-electron chi connectivity index (χ0n) is 6.59. The molecule has 1 unspecified atom stereocenters. The standard InChI is InChI=1S/C7H11NO3/c1-4(2)7(10)11-5(3)6(8)9/h5H,1H2,2-3H3,(H2,8,9). The van der Waals surface area contributed by atoms with Crippen LogP contribution in [0.25, 0.3) is 0 Å². The SMILES string of the molecule is C=C(C)C(=O)OC(C)C(N)=O. The van der Waals surface area contributed by atoms with Crippen molar-refractivity contribution in [2.45, 2.75) is 20.0 Å². The summed E-state index contributed by atoms with van der Waals surface area (Å²) < 4.78 is 4.56. The highest BCUT2D eigenvalue weighted by atomic mass is 16.5. The lowest BCUT2D eigenvalue weighted by molar-refractivity contribution is -0.149. The van der Waals surface area contributed by atoms with E-state index in [0.29, 0.717) is 0 Å². The second kappa shape index (κ2) is 3.75. The minimum absolute atomic E-state index is 0.248. The van der Waals surface area contributed by atoms with Crippen LogP contribution < -0.4 is 5.73 Å². The van der Waals surface area contributed by atoms with Crippen LogP contribution in [0.1, 0.15) is 13.8 Å². The maximum Gasteiger partial charge on any atom is 0.333 e. The van der Waals surface area contributed by atoms with E-state index in [0.717, 1.165) is 0 Å². The summed E-state index contributed by atoms with van der Waals surface area (Å²) in [5.41, 5.74) is 5.09. The largest absolute Gasteiger partial charge is 0.449 e. The van der Waals surface area contributed by atoms with Gasteiger partial charge in [-0.3, -0.25) is 4.79 Å². The summed E-state index contributed by atoms with van der Waals surface area (Å²) in [4.78, 5) is 21.1. The van der Waals surface area contributed by atoms with Crippen molar-refractivity contribution < 1.29 is 14.3 Å². The van der Waals surface area contributed by atoms with Crippen LogP contribution in [0.2, 0.25) is 0 Å². The number of nitrogens with two attached hydrogens (primary N) is 1. The number of carbonyl (C=O) groups excluding carboxylic acids is 2. The Morgan fingerprint density at radius 1 is 1.55 bits per heavy atom. The van der Waals surface area contributed by atoms with E-state index in [-0.39, 0.29) is 5.57 Å². The fourth-order valence-corrected chi connectivity index (χ4v) is 0.319. The first kappa shape index (κ1) is 9.68. The molecule has 0 aromatic heterocycles. The van der Waals surface area contributed by atoms with Crippen LogP contribution in [0.5, 0.6) is 0 Å². The molecule has 0 bridgehead atoms. The average Bonchev–Trinajstić information content (AvgIpc) is 1.87. The molecule has 62 valence electrons. The number of carbonyl (C=O) groups is 2. The molecule has 0 heterocycles. The van der Waals surface area contributed by atoms with Gasteiger partial charge in [0.25, 0.3) is 5.91 Å². The monoisotopic (exact) mass is 157 g/mol. The fraction of sp³-hybridized carbons (Fsp3) is 0.429. The average molecular weight is 157 g/mol. The number of hydrogen-bond acceptors (Lipinski definition) is 3. The van der Waals surface area contributed by atoms with Crippen molar-refractivity contribution in [2.75, 3.05) is 0 Å². The van der Waals surface area contributed by atoms with E-state index >= 15 is 0 Å². The minimum atomic E-state index is -0.890. The first-order chi connectivity index (χ1) is 4.95. The van der Waals surface area contributed by atoms with E-state index in [1.165, 1.54) is 13.8 Å². The lowest BCUT2D eigenvalue weighted by Gasteiger charge is -2.08. The van der Waals surface area contributed by atoms with E-state index in [2.05, 4.69) is 11.3 Å². The summed E-state index contributed by atoms with van der Waals surface area (Å²) in [5.74, 6) is -1.27. The Kier molecular flexibility index (Phi) is 3.30. The van der Waals surface area contributed by atoms with Crippen molar-refractivity contribution in [3.8, 4) is 0 Å². The zero-order valence-corrected chi connectivity index (χ0v) is 6.59. The van der Waals surface area contributed by atoms with Crippen LogP contribution in [0.4, 0.5) is 0 Å². The van der Waals surface area contributed by atoms with Gasteiger partial charge in [-0.25, -0.2) is 4.79 Å². The summed E-state index contributed by atoms with van der Waals surface area (Å²) in [6.45, 7) is 6.24. The van der Waals surface area contributed by atoms with Crippen molar-refractivity contribution in [3.63, 3.8) is 0 Å². The highest BCUT2D eigenvalue weighted by molar-refractivity contribution is 5.90. The molecule has 0 aliphatic rings. The molecule has 0 saturated carbocycles. The highest BCUT2D eigenvalue weighted by Gasteiger charge is 2.13. The van der Waals surface area contributed by atoms with Crippen LogP contribution in [-0.2, 0) is 14.3 Å². The van der Waals surface area contributed by atoms with Crippen LogP contribution in [0, 0.1) is 0 Å². The molecule has 1 amide bonds. The van der Waals surface area contributed by atoms with Gasteiger partial charge in [-0.15, -0.1) is 0 Å². The molecule has 4 heteroatoms. The van der Waals surface area contributed by atoms with Crippen molar-refractivity contribution in [1.29, 1.82) is 0 Å². The van der Waals surface area contributed by atoms with E-state index in [9.17, 15) is 9.59 Å². The predicted octanol–water partition coefficient (Wildman–Crippen LogP) is -0.0205. The van der Waals surface area contributed by atoms with Crippen LogP contribution in [-0.4, -0.2) is 18.0 Å². The van der Waals surface area contributed by atoms with Gasteiger partial charge in [0.15, 0.2) is 6.10 Å². The molecule has 0 aliphatic heterocycles. The molecule has 1 atom stereocenters. The topological polar surface area (TPSA) is 69.4 Å². The van der Waals surface area contributed by atoms with Gasteiger partial charge < -0.3 is 10.5 Å². The highest BCUT2D eigenvalue weighted by Crippen LogP contribution is 1.96. The summed E-state index contributed by atoms with van der Waals surface area (Å²) in [6, 6.07) is 0. The molecule has 11 heavy (non-hydrogen) atoms. The third kappa shape index (κ3) is 3.40. The Hall–Kier alpha value is -1.32. The maximum atomic E-state index is 10.7. The van der Waals surface area contributed by atoms with Crippen LogP contribution >= 0.6 is 0 Å². The number of esters is 1. The molecule has 0 aromatic carbocycles. The maximum absolute atomic E-state index is 10.7. The molecular weight excluding hydrogens is 146 g/mol. The van der Waals surface area contributed by atoms with Gasteiger partial charge >= 0.3 is 5.97 Å². The van der Waals surface area contributed by atoms with Gasteiger partial charge in [-0.2, -0.15) is 0 Å². The van der Waals surface area contributed by atoms with Crippen LogP contribution in [0.3, 0.4) is 0 Å². The van der Waals surface area contributed by atoms with E-state index < -0.39 is 18.0 Å². The zero-order chi connectivity index (χ0) is 9.02. The normalized spacial score (nSPS) is 11.8. The summed E-state index contributed by atoms with van der Waals surface area (Å²) in [6.07, 6.45) is -0.890. The van der Waals surface area contributed by atoms with Crippen molar-refractivity contribution in [1.82, 2.24) is 0 Å². The predicted molar refractivity (Wildman–Crippen MR) is 39.6 cm³/mol. The molecule has 0 aromatic rings. The fourth-order valence-electron chi connectivity index (χ4n) is 0.319. The van der Waals surface area contributed by atoms with Crippen molar-refractivity contribution in [3.05, 3.63) is 12.2 Å². The second-order valence-corrected chi connectivity index (χ2v) is 2.23. The summed E-state index contributed by atoms with van der Waals surface area (Å²) >= 11 is 0. The number of amides is 1. The van der Waals surface area contributed by atoms with Gasteiger partial charge in [-0.05, 0) is 13.8 Å². The van der Waals surface area contributed by atoms with Gasteiger partial charge in [0, 0.05) is 5.57 Å². The van der Waals surface area contributed by atoms with Crippen LogP contribution in [0.15, 0.2) is 12.2 Å². The lowest BCUT2D eigenvalue weighted by Crippen LogP contribution is -2.30. The number of ether oxygens (including phenoxy) is 1. The quantitative estimate of drug-likeness (QED) is 0.462. The molecule has 0 saturated heterocycles. The number of primary amides is 1. The van der Waals surface area contributed by atoms with E-state index in [1.807, 2.05) is 0 Å². The Labute approximate surface area is 65.0 Å². The third-order valence-electron chi connectivity index (χ3n) is 1.03. The molecule has 4 nitrogen and oxygen atoms in total. The Morgan fingerprint density at radius 2 is 2.00 bits per heavy atom. The van der Waals surface area contributed by atoms with E-state index in [1.54, 1.807) is 0 Å². The first-order valence-corrected chi connectivity index (χ1v) is 3.11. The molecule has 0 radical (unpaired) electrons. The van der Waals surface area contributed by atoms with Crippen molar-refractivity contribution >= 4 is 11.9 Å². The lowest BCUT2D eigenvalue weighted by atomic mass is 10.3. The smallest absolute Gasteiger partial charge is 0.333 e. The number of hydrogen-bond donors (Lipinski definition) is 1. The molecule has 0 rings (SSSR count). The Morgan fingerprint density at radius 3 is 2.27 bits per heavy atom. The first-order valence-electron chi connectivity index (χ1n) is 3.11. The molecule has 2 N–H and O–H groups in total. The minimum Gasteiger partial charge on any atom is -0.449 e. The summed E-state index contributed by atoms with van der Waals surface area (Å²) in [7, 11) is 0. The molecule has 0 spiro atoms. The molecule has 0 fully saturated rings. The van der Waals surface area contributed by atoms with Gasteiger partial charge in [0.05, 0.1) is 0 Å². The summed E-state index contributed by atoms with van der Waals surface area (Å²) in [5, 5.41) is 0. The molecular formula is C7H11NO3. The van der Waals surface area contributed by atoms with E-state index in [4.69, 9.17) is 5.73 Å². The van der Waals surface area contributed by atoms with Gasteiger partial charge in [0.1, 0.15) is 0 Å².